The normalized spacial score (nSPS) is 18.1. The van der Waals surface area contributed by atoms with Crippen LogP contribution in [0.15, 0.2) is 147 Å². The number of likely N-dealkylation sites (N-methyl/N-ethyl adjacent to an activating group) is 2. The van der Waals surface area contributed by atoms with Gasteiger partial charge in [-0.1, -0.05) is 105 Å². The molecule has 1 fully saturated rings. The number of piperidine rings is 1. The van der Waals surface area contributed by atoms with E-state index in [2.05, 4.69) is 174 Å². The Hall–Kier alpha value is -4.98. The molecule has 0 bridgehead atoms. The van der Waals surface area contributed by atoms with Gasteiger partial charge in [0.25, 0.3) is 0 Å². The molecule has 5 aromatic rings. The van der Waals surface area contributed by atoms with E-state index in [0.717, 1.165) is 56.5 Å². The molecule has 1 N–H and O–H groups in total. The highest BCUT2D eigenvalue weighted by molar-refractivity contribution is 5.83. The molecule has 6 nitrogen and oxygen atoms in total. The van der Waals surface area contributed by atoms with Gasteiger partial charge >= 0.3 is 0 Å². The highest BCUT2D eigenvalue weighted by Gasteiger charge is 2.25. The van der Waals surface area contributed by atoms with Crippen LogP contribution in [-0.4, -0.2) is 79.5 Å². The van der Waals surface area contributed by atoms with Crippen LogP contribution in [0.2, 0.25) is 0 Å². The minimum absolute atomic E-state index is 0.509. The average Bonchev–Trinajstić information content (AvgIpc) is 3.84. The van der Waals surface area contributed by atoms with E-state index in [9.17, 15) is 0 Å². The molecule has 3 atom stereocenters. The molecule has 4 heterocycles. The largest absolute Gasteiger partial charge is 0.385 e. The number of benzene rings is 3. The van der Waals surface area contributed by atoms with Crippen molar-refractivity contribution in [3.05, 3.63) is 169 Å². The van der Waals surface area contributed by atoms with E-state index in [-0.39, 0.29) is 0 Å². The lowest BCUT2D eigenvalue weighted by Gasteiger charge is -2.36. The molecule has 1 aliphatic carbocycles. The molecule has 6 heteroatoms. The number of aromatic amines is 1. The lowest BCUT2D eigenvalue weighted by Crippen LogP contribution is -2.37. The number of rotatable bonds is 6. The zero-order valence-electron chi connectivity index (χ0n) is 36.7. The Bertz CT molecular complexity index is 2040. The number of hydrogen-bond acceptors (Lipinski definition) is 4. The fourth-order valence-corrected chi connectivity index (χ4v) is 7.03. The van der Waals surface area contributed by atoms with Crippen molar-refractivity contribution in [2.75, 3.05) is 48.1 Å². The highest BCUT2D eigenvalue weighted by Crippen LogP contribution is 2.32. The second kappa shape index (κ2) is 25.4. The van der Waals surface area contributed by atoms with E-state index < -0.39 is 0 Å². The third kappa shape index (κ3) is 14.1. The first-order valence-electron chi connectivity index (χ1n) is 20.5. The number of fused-ring (bicyclic) bond motifs is 4. The van der Waals surface area contributed by atoms with E-state index in [1.54, 1.807) is 25.4 Å². The maximum Gasteiger partial charge on any atom is 0.0482 e. The minimum Gasteiger partial charge on any atom is -0.385 e. The van der Waals surface area contributed by atoms with Crippen LogP contribution in [0.1, 0.15) is 56.1 Å². The van der Waals surface area contributed by atoms with Crippen LogP contribution in [0, 0.1) is 5.92 Å². The predicted molar refractivity (Wildman–Crippen MR) is 253 cm³/mol. The quantitative estimate of drug-likeness (QED) is 0.174. The Morgan fingerprint density at radius 3 is 1.84 bits per heavy atom. The van der Waals surface area contributed by atoms with E-state index >= 15 is 0 Å². The Balaban J connectivity index is 0.000000195. The number of nitrogens with zero attached hydrogens (tertiary/aromatic N) is 3. The lowest BCUT2D eigenvalue weighted by molar-refractivity contribution is 0.215. The Labute approximate surface area is 350 Å². The summed E-state index contributed by atoms with van der Waals surface area (Å²) in [5.74, 6) is 0.725. The molecule has 0 spiro atoms. The molecule has 8 rings (SSSR count). The first-order chi connectivity index (χ1) is 28.1. The minimum atomic E-state index is 0.509. The number of para-hydroxylation sites is 2. The van der Waals surface area contributed by atoms with Crippen LogP contribution >= 0.6 is 0 Å². The molecular formula is C52H70N4O2. The monoisotopic (exact) mass is 783 g/mol. The fourth-order valence-electron chi connectivity index (χ4n) is 7.03. The average molecular weight is 783 g/mol. The van der Waals surface area contributed by atoms with Crippen LogP contribution < -0.4 is 0 Å². The van der Waals surface area contributed by atoms with E-state index in [1.165, 1.54) is 39.4 Å². The molecule has 58 heavy (non-hydrogen) atoms. The van der Waals surface area contributed by atoms with Gasteiger partial charge in [0.2, 0.25) is 0 Å². The first kappa shape index (κ1) is 47.4. The number of hydrogen-bond donors (Lipinski definition) is 1. The molecule has 1 saturated heterocycles. The summed E-state index contributed by atoms with van der Waals surface area (Å²) in [6.45, 7) is 25.2. The number of ether oxygens (including phenoxy) is 2. The third-order valence-electron chi connectivity index (χ3n) is 10.7. The molecule has 2 aliphatic heterocycles. The summed E-state index contributed by atoms with van der Waals surface area (Å²) < 4.78 is 11.2. The van der Waals surface area contributed by atoms with Crippen molar-refractivity contribution in [1.82, 2.24) is 19.4 Å². The van der Waals surface area contributed by atoms with Gasteiger partial charge in [0, 0.05) is 87.5 Å². The first-order valence-corrected chi connectivity index (χ1v) is 20.5. The van der Waals surface area contributed by atoms with Crippen molar-refractivity contribution in [3.8, 4) is 0 Å². The third-order valence-corrected chi connectivity index (χ3v) is 10.7. The van der Waals surface area contributed by atoms with Gasteiger partial charge in [-0.3, -0.25) is 9.80 Å². The van der Waals surface area contributed by atoms with Crippen molar-refractivity contribution in [2.24, 2.45) is 13.0 Å². The maximum absolute atomic E-state index is 4.54. The number of aryl methyl sites for hydroxylation is 1. The van der Waals surface area contributed by atoms with Crippen LogP contribution in [0.3, 0.4) is 0 Å². The van der Waals surface area contributed by atoms with Crippen LogP contribution in [0.25, 0.3) is 34.0 Å². The number of allylic oxidation sites excluding steroid dienone is 2. The van der Waals surface area contributed by atoms with Gasteiger partial charge < -0.3 is 19.0 Å². The van der Waals surface area contributed by atoms with Crippen molar-refractivity contribution in [3.63, 3.8) is 0 Å². The summed E-state index contributed by atoms with van der Waals surface area (Å²) in [5.41, 5.74) is 10.7. The molecule has 0 amide bonds. The topological polar surface area (TPSA) is 45.7 Å². The molecule has 3 aliphatic rings. The van der Waals surface area contributed by atoms with Gasteiger partial charge in [-0.15, -0.1) is 13.2 Å². The van der Waals surface area contributed by atoms with Gasteiger partial charge in [-0.05, 0) is 117 Å². The molecular weight excluding hydrogens is 713 g/mol. The SMILES string of the molecule is C=CC1CC2=CC(C)CC=C2CN1C.C=CC1Cc2ccccc2CN1C.C=Cc1cc2ccccc2[nH]1.C=Cc1cc2ccccc2n1C.CCOC.CCOC. The molecule has 0 radical (unpaired) electrons. The summed E-state index contributed by atoms with van der Waals surface area (Å²) in [4.78, 5) is 7.95. The summed E-state index contributed by atoms with van der Waals surface area (Å²) in [6.07, 6.45) is 16.1. The van der Waals surface area contributed by atoms with Gasteiger partial charge in [0.15, 0.2) is 0 Å². The summed E-state index contributed by atoms with van der Waals surface area (Å²) in [6, 6.07) is 30.4. The fraction of sp³-hybridized carbons (Fsp3) is 0.346. The summed E-state index contributed by atoms with van der Waals surface area (Å²) in [5, 5.41) is 2.51. The molecule has 3 unspecified atom stereocenters. The Morgan fingerprint density at radius 1 is 0.690 bits per heavy atom. The lowest BCUT2D eigenvalue weighted by atomic mass is 9.84. The van der Waals surface area contributed by atoms with Crippen molar-refractivity contribution < 1.29 is 9.47 Å². The zero-order valence-corrected chi connectivity index (χ0v) is 36.7. The van der Waals surface area contributed by atoms with Crippen LogP contribution in [-0.2, 0) is 29.5 Å². The zero-order chi connectivity index (χ0) is 42.5. The second-order valence-electron chi connectivity index (χ2n) is 14.8. The number of likely N-dealkylation sites (tertiary alicyclic amines) is 1. The standard InChI is InChI=1S/C13H19N.C12H15N.C11H11N.C10H9N.2C3H8O/c1-4-13-8-12-7-10(2)5-6-11(12)9-14(13)3;1-3-12-8-10-6-4-5-7-11(10)9-13(12)2;1-3-10-8-9-6-4-5-7-11(9)12(10)2;1-2-9-7-8-5-3-4-6-10(8)11-9;2*1-3-4-2/h4,6-7,10,13H,1,5,8-9H2,2-3H3;3-7,12H,1,8-9H2,2H3;3-8H,1H2,2H3;2-7,11H,1H2;2*3H2,1-2H3. The van der Waals surface area contributed by atoms with Gasteiger partial charge in [0.05, 0.1) is 0 Å². The molecule has 2 aromatic heterocycles. The number of aromatic nitrogens is 2. The smallest absolute Gasteiger partial charge is 0.0482 e. The summed E-state index contributed by atoms with van der Waals surface area (Å²) >= 11 is 0. The van der Waals surface area contributed by atoms with Crippen LogP contribution in [0.4, 0.5) is 0 Å². The van der Waals surface area contributed by atoms with E-state index in [0.29, 0.717) is 12.1 Å². The number of methoxy groups -OCH3 is 2. The Morgan fingerprint density at radius 2 is 1.26 bits per heavy atom. The molecule has 0 saturated carbocycles. The number of nitrogens with one attached hydrogen (secondary N) is 1. The predicted octanol–water partition coefficient (Wildman–Crippen LogP) is 11.9. The van der Waals surface area contributed by atoms with Gasteiger partial charge in [0.1, 0.15) is 0 Å². The Kier molecular flexibility index (Phi) is 20.8. The van der Waals surface area contributed by atoms with Crippen molar-refractivity contribution >= 4 is 34.0 Å². The number of H-pyrrole nitrogens is 1. The van der Waals surface area contributed by atoms with E-state index in [1.807, 2.05) is 44.2 Å². The van der Waals surface area contributed by atoms with Crippen LogP contribution in [0.5, 0.6) is 0 Å². The van der Waals surface area contributed by atoms with Crippen molar-refractivity contribution in [2.45, 2.75) is 58.7 Å². The van der Waals surface area contributed by atoms with Crippen molar-refractivity contribution in [1.29, 1.82) is 0 Å². The highest BCUT2D eigenvalue weighted by atomic mass is 16.5. The van der Waals surface area contributed by atoms with E-state index in [4.69, 9.17) is 0 Å². The molecule has 310 valence electrons. The van der Waals surface area contributed by atoms with Gasteiger partial charge in [-0.2, -0.15) is 0 Å². The van der Waals surface area contributed by atoms with Gasteiger partial charge in [-0.25, -0.2) is 0 Å². The second-order valence-corrected chi connectivity index (χ2v) is 14.8. The summed E-state index contributed by atoms with van der Waals surface area (Å²) in [7, 11) is 9.75. The molecule has 3 aromatic carbocycles. The maximum atomic E-state index is 4.54.